The molecule has 1 unspecified atom stereocenters. The Balaban J connectivity index is 1.95. The van der Waals surface area contributed by atoms with Gasteiger partial charge in [0.2, 0.25) is 0 Å². The lowest BCUT2D eigenvalue weighted by Gasteiger charge is -2.16. The van der Waals surface area contributed by atoms with Crippen LogP contribution in [0, 0.1) is 0 Å². The van der Waals surface area contributed by atoms with Crippen molar-refractivity contribution < 1.29 is 4.74 Å². The average molecular weight is 264 g/mol. The molecule has 1 atom stereocenters. The number of hydrogen-bond acceptors (Lipinski definition) is 3. The van der Waals surface area contributed by atoms with E-state index in [1.807, 2.05) is 49.4 Å². The highest BCUT2D eigenvalue weighted by Crippen LogP contribution is 2.29. The second kappa shape index (κ2) is 5.21. The molecule has 0 spiro atoms. The zero-order chi connectivity index (χ0) is 13.9. The second-order valence-corrected chi connectivity index (χ2v) is 4.76. The number of fused-ring (bicyclic) bond motifs is 1. The van der Waals surface area contributed by atoms with Crippen LogP contribution in [-0.2, 0) is 0 Å². The van der Waals surface area contributed by atoms with Gasteiger partial charge in [0.25, 0.3) is 0 Å². The van der Waals surface area contributed by atoms with E-state index < -0.39 is 0 Å². The van der Waals surface area contributed by atoms with Gasteiger partial charge in [0.15, 0.2) is 0 Å². The zero-order valence-corrected chi connectivity index (χ0v) is 11.3. The van der Waals surface area contributed by atoms with Crippen LogP contribution >= 0.6 is 0 Å². The smallest absolute Gasteiger partial charge is 0.131 e. The topological polar surface area (TPSA) is 48.1 Å². The highest BCUT2D eigenvalue weighted by Gasteiger charge is 2.09. The minimum absolute atomic E-state index is 0.0145. The lowest BCUT2D eigenvalue weighted by atomic mass is 10.1. The number of aromatic nitrogens is 1. The first kappa shape index (κ1) is 12.5. The van der Waals surface area contributed by atoms with E-state index in [-0.39, 0.29) is 6.10 Å². The van der Waals surface area contributed by atoms with Gasteiger partial charge in [0.05, 0.1) is 5.52 Å². The summed E-state index contributed by atoms with van der Waals surface area (Å²) in [4.78, 5) is 4.32. The monoisotopic (exact) mass is 264 g/mol. The van der Waals surface area contributed by atoms with Crippen molar-refractivity contribution in [3.63, 3.8) is 0 Å². The van der Waals surface area contributed by atoms with E-state index in [9.17, 15) is 0 Å². The van der Waals surface area contributed by atoms with Crippen LogP contribution < -0.4 is 10.5 Å². The molecule has 3 nitrogen and oxygen atoms in total. The van der Waals surface area contributed by atoms with Gasteiger partial charge in [-0.1, -0.05) is 30.3 Å². The van der Waals surface area contributed by atoms with E-state index in [1.165, 1.54) is 0 Å². The maximum Gasteiger partial charge on any atom is 0.131 e. The summed E-state index contributed by atoms with van der Waals surface area (Å²) < 4.78 is 6.07. The number of ether oxygens (including phenoxy) is 1. The van der Waals surface area contributed by atoms with Crippen molar-refractivity contribution in [3.05, 3.63) is 66.4 Å². The normalized spacial score (nSPS) is 12.2. The predicted molar refractivity (Wildman–Crippen MR) is 81.6 cm³/mol. The SMILES string of the molecule is CC(Oc1ccnc2cc(N)ccc12)c1ccccc1. The van der Waals surface area contributed by atoms with Gasteiger partial charge in [-0.3, -0.25) is 4.98 Å². The molecule has 0 amide bonds. The van der Waals surface area contributed by atoms with Crippen molar-refractivity contribution in [2.75, 3.05) is 5.73 Å². The fourth-order valence-corrected chi connectivity index (χ4v) is 2.22. The Kier molecular flexibility index (Phi) is 3.25. The maximum atomic E-state index is 6.07. The summed E-state index contributed by atoms with van der Waals surface area (Å²) in [5.41, 5.74) is 8.49. The largest absolute Gasteiger partial charge is 0.485 e. The van der Waals surface area contributed by atoms with Crippen molar-refractivity contribution >= 4 is 16.6 Å². The van der Waals surface area contributed by atoms with Gasteiger partial charge in [-0.25, -0.2) is 0 Å². The summed E-state index contributed by atoms with van der Waals surface area (Å²) in [6, 6.07) is 17.7. The molecule has 1 aromatic heterocycles. The number of nitrogens with zero attached hydrogens (tertiary/aromatic N) is 1. The second-order valence-electron chi connectivity index (χ2n) is 4.76. The highest BCUT2D eigenvalue weighted by atomic mass is 16.5. The molecule has 3 rings (SSSR count). The third-order valence-corrected chi connectivity index (χ3v) is 3.30. The van der Waals surface area contributed by atoms with Gasteiger partial charge in [-0.2, -0.15) is 0 Å². The summed E-state index contributed by atoms with van der Waals surface area (Å²) in [5.74, 6) is 0.825. The maximum absolute atomic E-state index is 6.07. The van der Waals surface area contributed by atoms with Crippen molar-refractivity contribution in [2.45, 2.75) is 13.0 Å². The minimum atomic E-state index is -0.0145. The minimum Gasteiger partial charge on any atom is -0.485 e. The molecule has 0 aliphatic rings. The Bertz CT molecular complexity index is 725. The number of nitrogen functional groups attached to an aromatic ring is 1. The van der Waals surface area contributed by atoms with E-state index in [4.69, 9.17) is 10.5 Å². The van der Waals surface area contributed by atoms with Crippen LogP contribution in [0.4, 0.5) is 5.69 Å². The van der Waals surface area contributed by atoms with Crippen LogP contribution in [0.15, 0.2) is 60.8 Å². The first-order valence-electron chi connectivity index (χ1n) is 6.60. The van der Waals surface area contributed by atoms with Crippen LogP contribution in [0.1, 0.15) is 18.6 Å². The number of pyridine rings is 1. The van der Waals surface area contributed by atoms with Crippen LogP contribution in [0.3, 0.4) is 0 Å². The Morgan fingerprint density at radius 3 is 2.65 bits per heavy atom. The van der Waals surface area contributed by atoms with E-state index in [2.05, 4.69) is 17.1 Å². The first-order valence-corrected chi connectivity index (χ1v) is 6.60. The highest BCUT2D eigenvalue weighted by molar-refractivity contribution is 5.87. The van der Waals surface area contributed by atoms with Gasteiger partial charge in [-0.15, -0.1) is 0 Å². The van der Waals surface area contributed by atoms with E-state index >= 15 is 0 Å². The van der Waals surface area contributed by atoms with Crippen LogP contribution in [0.2, 0.25) is 0 Å². The summed E-state index contributed by atoms with van der Waals surface area (Å²) in [6.07, 6.45) is 1.73. The summed E-state index contributed by atoms with van der Waals surface area (Å²) in [5, 5.41) is 0.976. The first-order chi connectivity index (χ1) is 9.74. The zero-order valence-electron chi connectivity index (χ0n) is 11.3. The fourth-order valence-electron chi connectivity index (χ4n) is 2.22. The predicted octanol–water partition coefficient (Wildman–Crippen LogP) is 3.96. The molecule has 20 heavy (non-hydrogen) atoms. The molecule has 0 saturated heterocycles. The number of rotatable bonds is 3. The summed E-state index contributed by atoms with van der Waals surface area (Å²) in [6.45, 7) is 2.04. The third kappa shape index (κ3) is 2.43. The van der Waals surface area contributed by atoms with Crippen LogP contribution in [-0.4, -0.2) is 4.98 Å². The van der Waals surface area contributed by atoms with Gasteiger partial charge < -0.3 is 10.5 Å². The lowest BCUT2D eigenvalue weighted by molar-refractivity contribution is 0.230. The fraction of sp³-hybridized carbons (Fsp3) is 0.118. The molecule has 100 valence electrons. The Hall–Kier alpha value is -2.55. The Labute approximate surface area is 118 Å². The van der Waals surface area contributed by atoms with E-state index in [0.29, 0.717) is 5.69 Å². The Morgan fingerprint density at radius 1 is 1.05 bits per heavy atom. The molecular formula is C17H16N2O. The lowest BCUT2D eigenvalue weighted by Crippen LogP contribution is -2.03. The average Bonchev–Trinajstić information content (AvgIpc) is 2.48. The molecule has 2 N–H and O–H groups in total. The molecule has 0 fully saturated rings. The molecular weight excluding hydrogens is 248 g/mol. The van der Waals surface area contributed by atoms with E-state index in [1.54, 1.807) is 6.20 Å². The van der Waals surface area contributed by atoms with Gasteiger partial charge >= 0.3 is 0 Å². The van der Waals surface area contributed by atoms with Gasteiger partial charge in [-0.05, 0) is 36.8 Å². The Morgan fingerprint density at radius 2 is 1.85 bits per heavy atom. The number of anilines is 1. The molecule has 1 heterocycles. The summed E-state index contributed by atoms with van der Waals surface area (Å²) >= 11 is 0. The summed E-state index contributed by atoms with van der Waals surface area (Å²) in [7, 11) is 0. The molecule has 3 heteroatoms. The van der Waals surface area contributed by atoms with Gasteiger partial charge in [0, 0.05) is 17.3 Å². The number of hydrogen-bond donors (Lipinski definition) is 1. The van der Waals surface area contributed by atoms with Crippen molar-refractivity contribution in [2.24, 2.45) is 0 Å². The van der Waals surface area contributed by atoms with Crippen molar-refractivity contribution in [3.8, 4) is 5.75 Å². The molecule has 0 radical (unpaired) electrons. The quantitative estimate of drug-likeness (QED) is 0.728. The van der Waals surface area contributed by atoms with Crippen molar-refractivity contribution in [1.29, 1.82) is 0 Å². The molecule has 3 aromatic rings. The van der Waals surface area contributed by atoms with Crippen molar-refractivity contribution in [1.82, 2.24) is 4.98 Å². The van der Waals surface area contributed by atoms with Crippen LogP contribution in [0.25, 0.3) is 10.9 Å². The molecule has 0 aliphatic carbocycles. The molecule has 0 aliphatic heterocycles. The molecule has 0 bridgehead atoms. The van der Waals surface area contributed by atoms with Crippen LogP contribution in [0.5, 0.6) is 5.75 Å². The van der Waals surface area contributed by atoms with Gasteiger partial charge in [0.1, 0.15) is 11.9 Å². The van der Waals surface area contributed by atoms with E-state index in [0.717, 1.165) is 22.2 Å². The number of benzene rings is 2. The number of nitrogens with two attached hydrogens (primary N) is 1. The third-order valence-electron chi connectivity index (χ3n) is 3.30. The molecule has 0 saturated carbocycles. The molecule has 2 aromatic carbocycles. The standard InChI is InChI=1S/C17H16N2O/c1-12(13-5-3-2-4-6-13)20-17-9-10-19-16-11-14(18)7-8-15(16)17/h2-12H,18H2,1H3.